The molecule has 0 aromatic carbocycles. The van der Waals surface area contributed by atoms with E-state index in [0.717, 1.165) is 12.8 Å². The zero-order chi connectivity index (χ0) is 12.9. The van der Waals surface area contributed by atoms with Gasteiger partial charge in [0.05, 0.1) is 5.92 Å². The highest BCUT2D eigenvalue weighted by Crippen LogP contribution is 2.28. The molecule has 17 heavy (non-hydrogen) atoms. The number of hydrogen-bond acceptors (Lipinski definition) is 2. The van der Waals surface area contributed by atoms with E-state index in [9.17, 15) is 4.79 Å². The van der Waals surface area contributed by atoms with Crippen LogP contribution in [0.2, 0.25) is 0 Å². The van der Waals surface area contributed by atoms with E-state index >= 15 is 0 Å². The Labute approximate surface area is 105 Å². The van der Waals surface area contributed by atoms with Gasteiger partial charge in [-0.3, -0.25) is 4.79 Å². The molecule has 2 nitrogen and oxygen atoms in total. The van der Waals surface area contributed by atoms with Gasteiger partial charge < -0.3 is 4.74 Å². The number of Topliss-reactive ketones (excluding diaryl/α,β-unsaturated/α-hetero) is 1. The molecular formula is C15H24O2. The summed E-state index contributed by atoms with van der Waals surface area (Å²) in [4.78, 5) is 12.3. The second-order valence-electron chi connectivity index (χ2n) is 5.87. The first kappa shape index (κ1) is 14.2. The summed E-state index contributed by atoms with van der Waals surface area (Å²) in [5, 5.41) is 0. The molecule has 0 aromatic rings. The Bertz CT molecular complexity index is 318. The van der Waals surface area contributed by atoms with Crippen molar-refractivity contribution in [2.45, 2.75) is 40.0 Å². The molecule has 1 aliphatic rings. The molecule has 2 heteroatoms. The van der Waals surface area contributed by atoms with Gasteiger partial charge in [-0.25, -0.2) is 0 Å². The van der Waals surface area contributed by atoms with E-state index in [4.69, 9.17) is 4.74 Å². The fourth-order valence-corrected chi connectivity index (χ4v) is 2.11. The monoisotopic (exact) mass is 236 g/mol. The molecule has 0 aromatic heterocycles. The molecule has 0 saturated carbocycles. The van der Waals surface area contributed by atoms with Gasteiger partial charge in [-0.2, -0.15) is 0 Å². The predicted octanol–water partition coefficient (Wildman–Crippen LogP) is 3.53. The van der Waals surface area contributed by atoms with Crippen LogP contribution in [0.4, 0.5) is 0 Å². The van der Waals surface area contributed by atoms with Crippen LogP contribution in [0.5, 0.6) is 0 Å². The summed E-state index contributed by atoms with van der Waals surface area (Å²) in [6.45, 7) is 7.01. The zero-order valence-corrected chi connectivity index (χ0v) is 11.5. The third kappa shape index (κ3) is 4.86. The molecule has 0 saturated heterocycles. The normalized spacial score (nSPS) is 20.2. The van der Waals surface area contributed by atoms with Gasteiger partial charge in [0, 0.05) is 20.1 Å². The molecule has 1 aliphatic carbocycles. The van der Waals surface area contributed by atoms with Crippen LogP contribution < -0.4 is 0 Å². The summed E-state index contributed by atoms with van der Waals surface area (Å²) in [6, 6.07) is 0. The average molecular weight is 236 g/mol. The predicted molar refractivity (Wildman–Crippen MR) is 70.9 cm³/mol. The van der Waals surface area contributed by atoms with E-state index in [1.165, 1.54) is 5.57 Å². The lowest BCUT2D eigenvalue weighted by molar-refractivity contribution is -0.122. The van der Waals surface area contributed by atoms with Crippen LogP contribution in [0.3, 0.4) is 0 Å². The van der Waals surface area contributed by atoms with Crippen molar-refractivity contribution in [1.29, 1.82) is 0 Å². The van der Waals surface area contributed by atoms with Crippen molar-refractivity contribution in [1.82, 2.24) is 0 Å². The largest absolute Gasteiger partial charge is 0.384 e. The number of carbonyl (C=O) groups excluding carboxylic acids is 1. The maximum absolute atomic E-state index is 12.3. The van der Waals surface area contributed by atoms with Gasteiger partial charge >= 0.3 is 0 Å². The molecule has 0 N–H and O–H groups in total. The molecule has 0 bridgehead atoms. The van der Waals surface area contributed by atoms with Crippen molar-refractivity contribution >= 4 is 5.78 Å². The minimum Gasteiger partial charge on any atom is -0.384 e. The van der Waals surface area contributed by atoms with Gasteiger partial charge in [-0.1, -0.05) is 44.6 Å². The van der Waals surface area contributed by atoms with Crippen LogP contribution in [0.1, 0.15) is 40.0 Å². The highest BCUT2D eigenvalue weighted by Gasteiger charge is 2.25. The molecule has 0 heterocycles. The van der Waals surface area contributed by atoms with Crippen LogP contribution in [0, 0.1) is 11.3 Å². The van der Waals surface area contributed by atoms with Crippen molar-refractivity contribution in [2.75, 3.05) is 13.7 Å². The Morgan fingerprint density at radius 2 is 2.18 bits per heavy atom. The Balaban J connectivity index is 2.66. The smallest absolute Gasteiger partial charge is 0.144 e. The molecule has 0 fully saturated rings. The first-order chi connectivity index (χ1) is 7.94. The summed E-state index contributed by atoms with van der Waals surface area (Å²) in [5.41, 5.74) is 1.29. The van der Waals surface area contributed by atoms with Gasteiger partial charge in [0.25, 0.3) is 0 Å². The van der Waals surface area contributed by atoms with Crippen molar-refractivity contribution in [3.05, 3.63) is 23.8 Å². The number of carbonyl (C=O) groups is 1. The molecule has 0 radical (unpaired) electrons. The lowest BCUT2D eigenvalue weighted by Gasteiger charge is -2.23. The molecule has 1 atom stereocenters. The summed E-state index contributed by atoms with van der Waals surface area (Å²) in [7, 11) is 1.70. The highest BCUT2D eigenvalue weighted by atomic mass is 16.5. The molecule has 0 spiro atoms. The number of methoxy groups -OCH3 is 1. The molecule has 96 valence electrons. The van der Waals surface area contributed by atoms with Crippen LogP contribution in [-0.4, -0.2) is 19.5 Å². The van der Waals surface area contributed by atoms with Crippen molar-refractivity contribution in [3.8, 4) is 0 Å². The Morgan fingerprint density at radius 3 is 2.76 bits per heavy atom. The number of hydrogen-bond donors (Lipinski definition) is 0. The summed E-state index contributed by atoms with van der Waals surface area (Å²) in [6.07, 6.45) is 8.75. The molecule has 1 unspecified atom stereocenters. The molecule has 1 rings (SSSR count). The SMILES string of the molecule is COCCC1=CCC=CC1C(=O)CC(C)(C)C. The Hall–Kier alpha value is -0.890. The number of ketones is 1. The lowest BCUT2D eigenvalue weighted by atomic mass is 9.80. The summed E-state index contributed by atoms with van der Waals surface area (Å²) < 4.78 is 5.10. The standard InChI is InChI=1S/C15H24O2/c1-15(2,3)11-14(16)13-8-6-5-7-12(13)9-10-17-4/h6-8,13H,5,9-11H2,1-4H3. The van der Waals surface area contributed by atoms with E-state index in [2.05, 4.69) is 39.0 Å². The minimum absolute atomic E-state index is 0.0156. The third-order valence-corrected chi connectivity index (χ3v) is 2.89. The first-order valence-electron chi connectivity index (χ1n) is 6.31. The van der Waals surface area contributed by atoms with E-state index in [-0.39, 0.29) is 11.3 Å². The second-order valence-corrected chi connectivity index (χ2v) is 5.87. The first-order valence-corrected chi connectivity index (χ1v) is 6.31. The van der Waals surface area contributed by atoms with Crippen molar-refractivity contribution in [2.24, 2.45) is 11.3 Å². The maximum atomic E-state index is 12.3. The fourth-order valence-electron chi connectivity index (χ4n) is 2.11. The van der Waals surface area contributed by atoms with E-state index in [1.54, 1.807) is 7.11 Å². The lowest BCUT2D eigenvalue weighted by Crippen LogP contribution is -2.22. The number of allylic oxidation sites excluding steroid dienone is 3. The summed E-state index contributed by atoms with van der Waals surface area (Å²) >= 11 is 0. The van der Waals surface area contributed by atoms with Gasteiger partial charge in [-0.15, -0.1) is 0 Å². The van der Waals surface area contributed by atoms with Gasteiger partial charge in [0.15, 0.2) is 0 Å². The summed E-state index contributed by atoms with van der Waals surface area (Å²) in [5.74, 6) is 0.314. The van der Waals surface area contributed by atoms with Crippen LogP contribution in [0.25, 0.3) is 0 Å². The quantitative estimate of drug-likeness (QED) is 0.683. The van der Waals surface area contributed by atoms with Crippen LogP contribution in [-0.2, 0) is 9.53 Å². The Kier molecular flexibility index (Phi) is 5.13. The fraction of sp³-hybridized carbons (Fsp3) is 0.667. The molecule has 0 amide bonds. The number of ether oxygens (including phenoxy) is 1. The Morgan fingerprint density at radius 1 is 1.47 bits per heavy atom. The van der Waals surface area contributed by atoms with Gasteiger partial charge in [-0.05, 0) is 18.3 Å². The van der Waals surface area contributed by atoms with E-state index < -0.39 is 0 Å². The topological polar surface area (TPSA) is 26.3 Å². The zero-order valence-electron chi connectivity index (χ0n) is 11.5. The van der Waals surface area contributed by atoms with E-state index in [0.29, 0.717) is 18.8 Å². The van der Waals surface area contributed by atoms with Crippen molar-refractivity contribution in [3.63, 3.8) is 0 Å². The van der Waals surface area contributed by atoms with Crippen LogP contribution >= 0.6 is 0 Å². The van der Waals surface area contributed by atoms with Crippen LogP contribution in [0.15, 0.2) is 23.8 Å². The van der Waals surface area contributed by atoms with E-state index in [1.807, 2.05) is 0 Å². The highest BCUT2D eigenvalue weighted by molar-refractivity contribution is 5.86. The molecule has 0 aliphatic heterocycles. The van der Waals surface area contributed by atoms with Gasteiger partial charge in [0.1, 0.15) is 5.78 Å². The maximum Gasteiger partial charge on any atom is 0.144 e. The van der Waals surface area contributed by atoms with Gasteiger partial charge in [0.2, 0.25) is 0 Å². The minimum atomic E-state index is -0.0156. The number of rotatable bonds is 5. The van der Waals surface area contributed by atoms with Crippen molar-refractivity contribution < 1.29 is 9.53 Å². The third-order valence-electron chi connectivity index (χ3n) is 2.89. The average Bonchev–Trinajstić information content (AvgIpc) is 2.24. The second kappa shape index (κ2) is 6.15. The molecular weight excluding hydrogens is 212 g/mol.